The molecule has 0 aromatic heterocycles. The molecule has 5 nitrogen and oxygen atoms in total. The molecule has 24 heavy (non-hydrogen) atoms. The first-order valence-corrected chi connectivity index (χ1v) is 7.15. The Morgan fingerprint density at radius 2 is 1.92 bits per heavy atom. The minimum Gasteiger partial charge on any atom is -0.479 e. The van der Waals surface area contributed by atoms with E-state index in [0.717, 1.165) is 11.1 Å². The van der Waals surface area contributed by atoms with Gasteiger partial charge in [0.1, 0.15) is 18.4 Å². The highest BCUT2D eigenvalue weighted by Gasteiger charge is 2.00. The highest BCUT2D eigenvalue weighted by atomic mass is 16.5. The highest BCUT2D eigenvalue weighted by molar-refractivity contribution is 5.87. The standard InChI is InChI=1S/C19H14N2O3/c20-10-11-23-18-7-4-15(5-8-18)6-9-19(22)24-14-17-3-1-2-16(12-17)13-21/h1-9,12H,11,14H2/b9-6+. The highest BCUT2D eigenvalue weighted by Crippen LogP contribution is 2.13. The van der Waals surface area contributed by atoms with Crippen molar-refractivity contribution >= 4 is 12.0 Å². The van der Waals surface area contributed by atoms with Gasteiger partial charge in [-0.3, -0.25) is 0 Å². The third kappa shape index (κ3) is 5.32. The molecule has 0 N–H and O–H groups in total. The number of nitriles is 2. The van der Waals surface area contributed by atoms with Gasteiger partial charge < -0.3 is 9.47 Å². The SMILES string of the molecule is N#CCOc1ccc(/C=C/C(=O)OCc2cccc(C#N)c2)cc1. The van der Waals surface area contributed by atoms with Crippen molar-refractivity contribution in [1.82, 2.24) is 0 Å². The predicted octanol–water partition coefficient (Wildman–Crippen LogP) is 3.22. The second kappa shape index (κ2) is 8.77. The van der Waals surface area contributed by atoms with Crippen LogP contribution in [0.25, 0.3) is 6.08 Å². The lowest BCUT2D eigenvalue weighted by atomic mass is 10.1. The summed E-state index contributed by atoms with van der Waals surface area (Å²) in [5.74, 6) is 0.121. The van der Waals surface area contributed by atoms with Crippen molar-refractivity contribution in [3.8, 4) is 17.9 Å². The third-order valence-corrected chi connectivity index (χ3v) is 3.03. The van der Waals surface area contributed by atoms with Gasteiger partial charge in [-0.15, -0.1) is 0 Å². The smallest absolute Gasteiger partial charge is 0.331 e. The van der Waals surface area contributed by atoms with Crippen LogP contribution >= 0.6 is 0 Å². The summed E-state index contributed by atoms with van der Waals surface area (Å²) in [6.07, 6.45) is 2.96. The van der Waals surface area contributed by atoms with Gasteiger partial charge in [0.15, 0.2) is 6.61 Å². The molecule has 2 aromatic rings. The molecular weight excluding hydrogens is 304 g/mol. The summed E-state index contributed by atoms with van der Waals surface area (Å²) in [5, 5.41) is 17.3. The van der Waals surface area contributed by atoms with Crippen LogP contribution in [0.3, 0.4) is 0 Å². The normalized spacial score (nSPS) is 9.92. The van der Waals surface area contributed by atoms with Crippen molar-refractivity contribution in [2.75, 3.05) is 6.61 Å². The quantitative estimate of drug-likeness (QED) is 0.603. The maximum atomic E-state index is 11.7. The number of nitrogens with zero attached hydrogens (tertiary/aromatic N) is 2. The van der Waals surface area contributed by atoms with E-state index in [0.29, 0.717) is 11.3 Å². The Morgan fingerprint density at radius 1 is 1.12 bits per heavy atom. The van der Waals surface area contributed by atoms with Crippen LogP contribution in [-0.4, -0.2) is 12.6 Å². The summed E-state index contributed by atoms with van der Waals surface area (Å²) in [5.41, 5.74) is 2.09. The molecule has 0 bridgehead atoms. The summed E-state index contributed by atoms with van der Waals surface area (Å²) >= 11 is 0. The van der Waals surface area contributed by atoms with Crippen molar-refractivity contribution in [2.45, 2.75) is 6.61 Å². The van der Waals surface area contributed by atoms with Gasteiger partial charge >= 0.3 is 5.97 Å². The second-order valence-electron chi connectivity index (χ2n) is 4.77. The van der Waals surface area contributed by atoms with Crippen LogP contribution in [0.4, 0.5) is 0 Å². The van der Waals surface area contributed by atoms with Crippen molar-refractivity contribution in [2.24, 2.45) is 0 Å². The van der Waals surface area contributed by atoms with Crippen LogP contribution in [0.2, 0.25) is 0 Å². The van der Waals surface area contributed by atoms with Crippen molar-refractivity contribution in [1.29, 1.82) is 10.5 Å². The Kier molecular flexibility index (Phi) is 6.14. The number of ether oxygens (including phenoxy) is 2. The first-order chi connectivity index (χ1) is 11.7. The average Bonchev–Trinajstić information content (AvgIpc) is 2.64. The van der Waals surface area contributed by atoms with E-state index in [-0.39, 0.29) is 13.2 Å². The molecule has 0 spiro atoms. The molecule has 0 saturated heterocycles. The number of carbonyl (C=O) groups is 1. The van der Waals surface area contributed by atoms with E-state index < -0.39 is 5.97 Å². The van der Waals surface area contributed by atoms with Gasteiger partial charge in [-0.05, 0) is 41.5 Å². The van der Waals surface area contributed by atoms with Crippen LogP contribution in [-0.2, 0) is 16.1 Å². The number of benzene rings is 2. The van der Waals surface area contributed by atoms with Gasteiger partial charge in [-0.2, -0.15) is 10.5 Å². The van der Waals surface area contributed by atoms with Crippen molar-refractivity contribution in [3.63, 3.8) is 0 Å². The van der Waals surface area contributed by atoms with E-state index in [1.54, 1.807) is 54.6 Å². The van der Waals surface area contributed by atoms with E-state index in [2.05, 4.69) is 0 Å². The molecule has 0 saturated carbocycles. The Bertz CT molecular complexity index is 812. The molecule has 0 aliphatic rings. The van der Waals surface area contributed by atoms with Crippen LogP contribution < -0.4 is 4.74 Å². The Labute approximate surface area is 140 Å². The zero-order valence-corrected chi connectivity index (χ0v) is 12.8. The van der Waals surface area contributed by atoms with Crippen LogP contribution in [0.5, 0.6) is 5.75 Å². The van der Waals surface area contributed by atoms with Crippen LogP contribution in [0, 0.1) is 22.7 Å². The number of rotatable bonds is 6. The molecule has 118 valence electrons. The van der Waals surface area contributed by atoms with Gasteiger partial charge in [0.2, 0.25) is 0 Å². The topological polar surface area (TPSA) is 83.1 Å². The first-order valence-electron chi connectivity index (χ1n) is 7.15. The Balaban J connectivity index is 1.86. The van der Waals surface area contributed by atoms with Gasteiger partial charge in [-0.1, -0.05) is 24.3 Å². The van der Waals surface area contributed by atoms with Crippen molar-refractivity contribution in [3.05, 3.63) is 71.3 Å². The molecule has 0 fully saturated rings. The van der Waals surface area contributed by atoms with Crippen LogP contribution in [0.1, 0.15) is 16.7 Å². The van der Waals surface area contributed by atoms with Crippen molar-refractivity contribution < 1.29 is 14.3 Å². The summed E-state index contributed by atoms with van der Waals surface area (Å²) in [4.78, 5) is 11.7. The fourth-order valence-electron chi connectivity index (χ4n) is 1.89. The molecule has 0 heterocycles. The van der Waals surface area contributed by atoms with Gasteiger partial charge in [-0.25, -0.2) is 4.79 Å². The monoisotopic (exact) mass is 318 g/mol. The minimum absolute atomic E-state index is 0.00544. The Morgan fingerprint density at radius 3 is 2.62 bits per heavy atom. The summed E-state index contributed by atoms with van der Waals surface area (Å²) in [6, 6.07) is 17.8. The summed E-state index contributed by atoms with van der Waals surface area (Å²) in [7, 11) is 0. The molecule has 2 aromatic carbocycles. The molecule has 2 rings (SSSR count). The molecule has 0 atom stereocenters. The van der Waals surface area contributed by atoms with E-state index in [1.807, 2.05) is 12.1 Å². The molecule has 0 aliphatic carbocycles. The predicted molar refractivity (Wildman–Crippen MR) is 87.5 cm³/mol. The minimum atomic E-state index is -0.470. The largest absolute Gasteiger partial charge is 0.479 e. The fourth-order valence-corrected chi connectivity index (χ4v) is 1.89. The first kappa shape index (κ1) is 16.8. The number of hydrogen-bond donors (Lipinski definition) is 0. The van der Waals surface area contributed by atoms with E-state index in [1.165, 1.54) is 6.08 Å². The third-order valence-electron chi connectivity index (χ3n) is 3.03. The average molecular weight is 318 g/mol. The number of esters is 1. The lowest BCUT2D eigenvalue weighted by molar-refractivity contribution is -0.138. The summed E-state index contributed by atoms with van der Waals surface area (Å²) < 4.78 is 10.3. The molecule has 5 heteroatoms. The lowest BCUT2D eigenvalue weighted by Crippen LogP contribution is -2.00. The van der Waals surface area contributed by atoms with Gasteiger partial charge in [0.05, 0.1) is 11.6 Å². The summed E-state index contributed by atoms with van der Waals surface area (Å²) in [6.45, 7) is 0.105. The zero-order valence-electron chi connectivity index (χ0n) is 12.8. The van der Waals surface area contributed by atoms with Gasteiger partial charge in [0.25, 0.3) is 0 Å². The maximum Gasteiger partial charge on any atom is 0.331 e. The Hall–Kier alpha value is -3.57. The second-order valence-corrected chi connectivity index (χ2v) is 4.77. The fraction of sp³-hybridized carbons (Fsp3) is 0.105. The molecule has 0 radical (unpaired) electrons. The molecular formula is C19H14N2O3. The molecule has 0 amide bonds. The number of hydrogen-bond acceptors (Lipinski definition) is 5. The molecule has 0 unspecified atom stereocenters. The molecule has 0 aliphatic heterocycles. The number of carbonyl (C=O) groups excluding carboxylic acids is 1. The van der Waals surface area contributed by atoms with E-state index >= 15 is 0 Å². The zero-order chi connectivity index (χ0) is 17.2. The van der Waals surface area contributed by atoms with Gasteiger partial charge in [0, 0.05) is 6.08 Å². The maximum absolute atomic E-state index is 11.7. The van der Waals surface area contributed by atoms with E-state index in [4.69, 9.17) is 20.0 Å². The lowest BCUT2D eigenvalue weighted by Gasteiger charge is -2.03. The van der Waals surface area contributed by atoms with Crippen LogP contribution in [0.15, 0.2) is 54.6 Å². The van der Waals surface area contributed by atoms with E-state index in [9.17, 15) is 4.79 Å².